The van der Waals surface area contributed by atoms with Crippen molar-refractivity contribution in [3.05, 3.63) is 29.3 Å². The van der Waals surface area contributed by atoms with E-state index in [0.29, 0.717) is 12.8 Å². The van der Waals surface area contributed by atoms with Crippen LogP contribution in [0.25, 0.3) is 0 Å². The quantitative estimate of drug-likeness (QED) is 0.593. The highest BCUT2D eigenvalue weighted by Gasteiger charge is 2.19. The molecule has 20 heavy (non-hydrogen) atoms. The first-order valence-corrected chi connectivity index (χ1v) is 7.64. The van der Waals surface area contributed by atoms with Crippen LogP contribution in [0.2, 0.25) is 0 Å². The van der Waals surface area contributed by atoms with E-state index in [4.69, 9.17) is 11.5 Å². The van der Waals surface area contributed by atoms with Crippen LogP contribution in [-0.4, -0.2) is 26.0 Å². The largest absolute Gasteiger partial charge is 0.478 e. The summed E-state index contributed by atoms with van der Waals surface area (Å²) in [5.74, 6) is 1.34. The fourth-order valence-corrected chi connectivity index (χ4v) is 3.11. The number of hydrogen-bond donors (Lipinski definition) is 2. The highest BCUT2D eigenvalue weighted by molar-refractivity contribution is 7.89. The maximum Gasteiger partial charge on any atom is 0.335 e. The van der Waals surface area contributed by atoms with Gasteiger partial charge in [-0.15, -0.1) is 12.3 Å². The van der Waals surface area contributed by atoms with E-state index in [0.717, 1.165) is 6.42 Å². The second kappa shape index (κ2) is 7.08. The molecule has 0 aliphatic heterocycles. The minimum Gasteiger partial charge on any atom is -0.478 e. The van der Waals surface area contributed by atoms with Gasteiger partial charge in [-0.3, -0.25) is 0 Å². The highest BCUT2D eigenvalue weighted by Crippen LogP contribution is 2.18. The summed E-state index contributed by atoms with van der Waals surface area (Å²) in [6.45, 7) is 1.76. The zero-order chi connectivity index (χ0) is 15.2. The van der Waals surface area contributed by atoms with Crippen LogP contribution in [0, 0.1) is 19.3 Å². The molecule has 1 aromatic rings. The molecule has 0 heterocycles. The van der Waals surface area contributed by atoms with Gasteiger partial charge in [0.05, 0.1) is 10.5 Å². The van der Waals surface area contributed by atoms with Crippen LogP contribution in [0.1, 0.15) is 35.2 Å². The van der Waals surface area contributed by atoms with Gasteiger partial charge >= 0.3 is 5.97 Å². The zero-order valence-electron chi connectivity index (χ0n) is 11.2. The normalized spacial score (nSPS) is 11.0. The zero-order valence-corrected chi connectivity index (χ0v) is 12.0. The van der Waals surface area contributed by atoms with Crippen molar-refractivity contribution in [3.63, 3.8) is 0 Å². The molecule has 0 radical (unpaired) electrons. The third-order valence-corrected chi connectivity index (χ3v) is 4.45. The summed E-state index contributed by atoms with van der Waals surface area (Å²) in [4.78, 5) is 11.0. The second-order valence-corrected chi connectivity index (χ2v) is 6.03. The summed E-state index contributed by atoms with van der Waals surface area (Å²) in [5.41, 5.74) is 0.219. The molecule has 6 heteroatoms. The molecule has 0 saturated heterocycles. The topological polar surface area (TPSA) is 83.5 Å². The summed E-state index contributed by atoms with van der Waals surface area (Å²) in [7, 11) is -3.70. The number of carbonyl (C=O) groups is 1. The molecule has 0 bridgehead atoms. The van der Waals surface area contributed by atoms with E-state index in [1.807, 2.05) is 0 Å². The van der Waals surface area contributed by atoms with E-state index >= 15 is 0 Å². The molecule has 0 unspecified atom stereocenters. The number of nitrogens with one attached hydrogen (secondary N) is 1. The minimum atomic E-state index is -3.70. The maximum absolute atomic E-state index is 12.1. The molecule has 5 nitrogen and oxygen atoms in total. The van der Waals surface area contributed by atoms with Gasteiger partial charge in [-0.2, -0.15) is 0 Å². The Kier molecular flexibility index (Phi) is 5.74. The number of unbranched alkanes of at least 4 members (excludes halogenated alkanes) is 2. The molecule has 0 saturated carbocycles. The van der Waals surface area contributed by atoms with E-state index in [-0.39, 0.29) is 22.6 Å². The van der Waals surface area contributed by atoms with Gasteiger partial charge in [-0.05, 0) is 37.5 Å². The lowest BCUT2D eigenvalue weighted by Crippen LogP contribution is -2.26. The molecule has 0 spiro atoms. The summed E-state index contributed by atoms with van der Waals surface area (Å²) in [6, 6.07) is 4.19. The molecule has 0 aromatic heterocycles. The lowest BCUT2D eigenvalue weighted by Gasteiger charge is -2.10. The van der Waals surface area contributed by atoms with Gasteiger partial charge in [0.25, 0.3) is 0 Å². The van der Waals surface area contributed by atoms with Crippen LogP contribution >= 0.6 is 0 Å². The third kappa shape index (κ3) is 4.08. The molecule has 0 aliphatic rings. The van der Waals surface area contributed by atoms with Gasteiger partial charge in [0.2, 0.25) is 10.0 Å². The average Bonchev–Trinajstić information content (AvgIpc) is 2.38. The van der Waals surface area contributed by atoms with Crippen molar-refractivity contribution >= 4 is 16.0 Å². The Morgan fingerprint density at radius 1 is 1.40 bits per heavy atom. The molecule has 1 rings (SSSR count). The number of carboxylic acid groups (broad SMARTS) is 1. The van der Waals surface area contributed by atoms with Crippen molar-refractivity contribution in [2.45, 2.75) is 31.1 Å². The van der Waals surface area contributed by atoms with E-state index in [1.54, 1.807) is 0 Å². The minimum absolute atomic E-state index is 0.00523. The molecule has 1 aromatic carbocycles. The van der Waals surface area contributed by atoms with Crippen molar-refractivity contribution in [1.29, 1.82) is 0 Å². The van der Waals surface area contributed by atoms with Gasteiger partial charge in [0.1, 0.15) is 0 Å². The van der Waals surface area contributed by atoms with Gasteiger partial charge < -0.3 is 5.11 Å². The maximum atomic E-state index is 12.1. The van der Waals surface area contributed by atoms with Crippen molar-refractivity contribution < 1.29 is 18.3 Å². The summed E-state index contributed by atoms with van der Waals surface area (Å²) in [6.07, 6.45) is 7.10. The van der Waals surface area contributed by atoms with Crippen LogP contribution in [0.15, 0.2) is 23.1 Å². The molecule has 0 fully saturated rings. The first kappa shape index (κ1) is 16.2. The number of aromatic carboxylic acids is 1. The molecule has 0 amide bonds. The fourth-order valence-electron chi connectivity index (χ4n) is 1.77. The highest BCUT2D eigenvalue weighted by atomic mass is 32.2. The Morgan fingerprint density at radius 2 is 2.10 bits per heavy atom. The monoisotopic (exact) mass is 295 g/mol. The first-order chi connectivity index (χ1) is 9.40. The van der Waals surface area contributed by atoms with Crippen LogP contribution in [0.3, 0.4) is 0 Å². The summed E-state index contributed by atoms with van der Waals surface area (Å²) >= 11 is 0. The lowest BCUT2D eigenvalue weighted by molar-refractivity contribution is 0.0696. The summed E-state index contributed by atoms with van der Waals surface area (Å²) < 4.78 is 26.7. The first-order valence-electron chi connectivity index (χ1n) is 6.16. The molecular weight excluding hydrogens is 278 g/mol. The molecule has 108 valence electrons. The number of benzene rings is 1. The predicted molar refractivity (Wildman–Crippen MR) is 76.0 cm³/mol. The SMILES string of the molecule is C#CCCCCNS(=O)(=O)c1cccc(C(=O)O)c1C. The van der Waals surface area contributed by atoms with Gasteiger partial charge in [-0.1, -0.05) is 6.07 Å². The Labute approximate surface area is 119 Å². The van der Waals surface area contributed by atoms with Gasteiger partial charge in [0.15, 0.2) is 0 Å². The Hall–Kier alpha value is -1.84. The molecule has 2 N–H and O–H groups in total. The third-order valence-electron chi connectivity index (χ3n) is 2.84. The number of terminal acetylenes is 1. The number of carboxylic acids is 1. The van der Waals surface area contributed by atoms with Crippen molar-refractivity contribution in [1.82, 2.24) is 4.72 Å². The standard InChI is InChI=1S/C14H17NO4S/c1-3-4-5-6-10-15-20(18,19)13-9-7-8-12(11(13)2)14(16)17/h1,7-9,15H,4-6,10H2,2H3,(H,16,17). The fraction of sp³-hybridized carbons (Fsp3) is 0.357. The smallest absolute Gasteiger partial charge is 0.335 e. The number of rotatable bonds is 7. The molecule has 0 aliphatic carbocycles. The Balaban J connectivity index is 2.86. The van der Waals surface area contributed by atoms with Crippen LogP contribution in [-0.2, 0) is 10.0 Å². The van der Waals surface area contributed by atoms with Crippen molar-refractivity contribution in [2.75, 3.05) is 6.54 Å². The van der Waals surface area contributed by atoms with E-state index in [2.05, 4.69) is 10.6 Å². The Bertz CT molecular complexity index is 629. The van der Waals surface area contributed by atoms with Crippen LogP contribution < -0.4 is 4.72 Å². The Morgan fingerprint density at radius 3 is 2.70 bits per heavy atom. The average molecular weight is 295 g/mol. The van der Waals surface area contributed by atoms with Crippen LogP contribution in [0.4, 0.5) is 0 Å². The van der Waals surface area contributed by atoms with E-state index < -0.39 is 16.0 Å². The van der Waals surface area contributed by atoms with Gasteiger partial charge in [-0.25, -0.2) is 17.9 Å². The predicted octanol–water partition coefficient (Wildman–Crippen LogP) is 1.78. The molecule has 0 atom stereocenters. The van der Waals surface area contributed by atoms with E-state index in [1.165, 1.54) is 25.1 Å². The van der Waals surface area contributed by atoms with Crippen LogP contribution in [0.5, 0.6) is 0 Å². The van der Waals surface area contributed by atoms with Crippen molar-refractivity contribution in [2.24, 2.45) is 0 Å². The molecular formula is C14H17NO4S. The number of hydrogen-bond acceptors (Lipinski definition) is 3. The lowest BCUT2D eigenvalue weighted by atomic mass is 10.1. The number of sulfonamides is 1. The second-order valence-electron chi connectivity index (χ2n) is 4.29. The van der Waals surface area contributed by atoms with E-state index in [9.17, 15) is 13.2 Å². The van der Waals surface area contributed by atoms with Crippen molar-refractivity contribution in [3.8, 4) is 12.3 Å². The summed E-state index contributed by atoms with van der Waals surface area (Å²) in [5, 5.41) is 8.99. The van der Waals surface area contributed by atoms with Gasteiger partial charge in [0, 0.05) is 13.0 Å².